The maximum atomic E-state index is 11.9. The summed E-state index contributed by atoms with van der Waals surface area (Å²) in [6.07, 6.45) is -3.79. The number of guanidine groups is 1. The second-order valence-electron chi connectivity index (χ2n) is 5.14. The van der Waals surface area contributed by atoms with Crippen molar-refractivity contribution >= 4 is 17.7 Å². The quantitative estimate of drug-likeness (QED) is 0.306. The smallest absolute Gasteiger partial charge is 0.372 e. The highest BCUT2D eigenvalue weighted by Gasteiger charge is 2.27. The van der Waals surface area contributed by atoms with Gasteiger partial charge in [-0.05, 0) is 18.6 Å². The van der Waals surface area contributed by atoms with Gasteiger partial charge in [-0.15, -0.1) is 11.8 Å². The number of rotatable bonds is 9. The predicted octanol–water partition coefficient (Wildman–Crippen LogP) is 3.30. The molecule has 2 N–H and O–H groups in total. The number of alkyl halides is 3. The molecule has 0 heterocycles. The molecule has 4 nitrogen and oxygen atoms in total. The van der Waals surface area contributed by atoms with Gasteiger partial charge in [0.25, 0.3) is 0 Å². The molecule has 0 radical (unpaired) electrons. The Hall–Kier alpha value is -1.41. The maximum absolute atomic E-state index is 11.9. The molecule has 0 aliphatic carbocycles. The van der Waals surface area contributed by atoms with Crippen LogP contribution in [0.1, 0.15) is 13.3 Å². The van der Waals surface area contributed by atoms with Crippen molar-refractivity contribution in [2.24, 2.45) is 4.99 Å². The molecule has 8 heteroatoms. The van der Waals surface area contributed by atoms with E-state index in [-0.39, 0.29) is 6.61 Å². The lowest BCUT2D eigenvalue weighted by atomic mass is 10.4. The molecule has 0 aromatic heterocycles. The van der Waals surface area contributed by atoms with E-state index in [2.05, 4.69) is 39.4 Å². The lowest BCUT2D eigenvalue weighted by Crippen LogP contribution is -2.40. The summed E-state index contributed by atoms with van der Waals surface area (Å²) >= 11 is 1.76. The van der Waals surface area contributed by atoms with Crippen LogP contribution in [0.15, 0.2) is 40.2 Å². The molecule has 1 rings (SSSR count). The van der Waals surface area contributed by atoms with Gasteiger partial charge >= 0.3 is 6.18 Å². The summed E-state index contributed by atoms with van der Waals surface area (Å²) in [5.74, 6) is 0.631. The Morgan fingerprint density at radius 1 is 1.25 bits per heavy atom. The van der Waals surface area contributed by atoms with Gasteiger partial charge in [0.1, 0.15) is 6.61 Å². The summed E-state index contributed by atoms with van der Waals surface area (Å²) in [7, 11) is 1.66. The fourth-order valence-electron chi connectivity index (χ4n) is 1.80. The van der Waals surface area contributed by atoms with Crippen molar-refractivity contribution in [2.75, 3.05) is 33.4 Å². The fourth-order valence-corrected chi connectivity index (χ4v) is 2.75. The minimum Gasteiger partial charge on any atom is -0.372 e. The Labute approximate surface area is 145 Å². The van der Waals surface area contributed by atoms with Crippen LogP contribution >= 0.6 is 11.8 Å². The third kappa shape index (κ3) is 10.4. The monoisotopic (exact) mass is 363 g/mol. The van der Waals surface area contributed by atoms with E-state index in [1.807, 2.05) is 18.2 Å². The van der Waals surface area contributed by atoms with Gasteiger partial charge in [-0.2, -0.15) is 13.2 Å². The number of halogens is 3. The molecule has 1 unspecified atom stereocenters. The van der Waals surface area contributed by atoms with E-state index in [9.17, 15) is 13.2 Å². The van der Waals surface area contributed by atoms with Crippen LogP contribution in [0.25, 0.3) is 0 Å². The van der Waals surface area contributed by atoms with E-state index < -0.39 is 12.8 Å². The molecule has 0 spiro atoms. The van der Waals surface area contributed by atoms with Crippen LogP contribution in [0.4, 0.5) is 13.2 Å². The summed E-state index contributed by atoms with van der Waals surface area (Å²) in [4.78, 5) is 5.29. The Bertz CT molecular complexity index is 483. The molecule has 1 aromatic carbocycles. The summed E-state index contributed by atoms with van der Waals surface area (Å²) in [5, 5.41) is 6.60. The zero-order valence-corrected chi connectivity index (χ0v) is 14.7. The van der Waals surface area contributed by atoms with Gasteiger partial charge in [0.15, 0.2) is 5.96 Å². The molecule has 0 bridgehead atoms. The number of hydrogen-bond donors (Lipinski definition) is 2. The van der Waals surface area contributed by atoms with Crippen LogP contribution < -0.4 is 10.6 Å². The van der Waals surface area contributed by atoms with Gasteiger partial charge in [0.2, 0.25) is 0 Å². The zero-order chi connectivity index (χ0) is 17.8. The average Bonchev–Trinajstić information content (AvgIpc) is 2.53. The highest BCUT2D eigenvalue weighted by molar-refractivity contribution is 8.00. The van der Waals surface area contributed by atoms with Crippen LogP contribution in [0.5, 0.6) is 0 Å². The van der Waals surface area contributed by atoms with Crippen LogP contribution in [-0.2, 0) is 4.74 Å². The minimum atomic E-state index is -4.27. The van der Waals surface area contributed by atoms with E-state index in [1.165, 1.54) is 4.90 Å². The summed E-state index contributed by atoms with van der Waals surface area (Å²) in [6, 6.07) is 10.1. The van der Waals surface area contributed by atoms with E-state index in [4.69, 9.17) is 0 Å². The van der Waals surface area contributed by atoms with Gasteiger partial charge in [-0.3, -0.25) is 4.99 Å². The van der Waals surface area contributed by atoms with E-state index in [0.717, 1.165) is 6.54 Å². The molecule has 24 heavy (non-hydrogen) atoms. The first-order valence-electron chi connectivity index (χ1n) is 7.71. The predicted molar refractivity (Wildman–Crippen MR) is 92.6 cm³/mol. The van der Waals surface area contributed by atoms with Crippen LogP contribution in [0, 0.1) is 0 Å². The van der Waals surface area contributed by atoms with Gasteiger partial charge < -0.3 is 15.4 Å². The van der Waals surface area contributed by atoms with Crippen LogP contribution in [0.3, 0.4) is 0 Å². The number of aliphatic imine (C=N–C) groups is 1. The Morgan fingerprint density at radius 3 is 2.58 bits per heavy atom. The number of nitrogens with one attached hydrogen (secondary N) is 2. The molecule has 0 amide bonds. The first kappa shape index (κ1) is 20.6. The first-order chi connectivity index (χ1) is 11.4. The fraction of sp³-hybridized carbons (Fsp3) is 0.562. The second-order valence-corrected chi connectivity index (χ2v) is 6.65. The number of hydrogen-bond acceptors (Lipinski definition) is 3. The topological polar surface area (TPSA) is 45.7 Å². The molecule has 0 saturated carbocycles. The normalized spacial score (nSPS) is 13.6. The molecule has 1 atom stereocenters. The van der Waals surface area contributed by atoms with E-state index >= 15 is 0 Å². The van der Waals surface area contributed by atoms with Gasteiger partial charge in [0, 0.05) is 36.9 Å². The summed E-state index contributed by atoms with van der Waals surface area (Å²) in [6.45, 7) is 2.20. The molecule has 1 aromatic rings. The summed E-state index contributed by atoms with van der Waals surface area (Å²) < 4.78 is 40.3. The molecular weight excluding hydrogens is 339 g/mol. The third-order valence-corrected chi connectivity index (χ3v) is 4.00. The number of benzene rings is 1. The number of thioether (sulfide) groups is 1. The maximum Gasteiger partial charge on any atom is 0.411 e. The standard InChI is InChI=1S/C16H24F3N3OS/c1-13(24-14-7-4-3-5-8-14)11-22-15(20-2)21-9-6-10-23-12-16(17,18)19/h3-5,7-8,13H,6,9-12H2,1-2H3,(H2,20,21,22). The number of ether oxygens (including phenoxy) is 1. The second kappa shape index (κ2) is 11.2. The molecule has 0 aliphatic heterocycles. The average molecular weight is 363 g/mol. The lowest BCUT2D eigenvalue weighted by molar-refractivity contribution is -0.173. The van der Waals surface area contributed by atoms with Crippen molar-refractivity contribution in [1.29, 1.82) is 0 Å². The van der Waals surface area contributed by atoms with Crippen molar-refractivity contribution in [3.05, 3.63) is 30.3 Å². The Kier molecular flexibility index (Phi) is 9.63. The van der Waals surface area contributed by atoms with Crippen molar-refractivity contribution in [3.63, 3.8) is 0 Å². The zero-order valence-electron chi connectivity index (χ0n) is 13.9. The van der Waals surface area contributed by atoms with E-state index in [1.54, 1.807) is 18.8 Å². The highest BCUT2D eigenvalue weighted by Crippen LogP contribution is 2.21. The Morgan fingerprint density at radius 2 is 1.96 bits per heavy atom. The Balaban J connectivity index is 2.14. The molecule has 0 fully saturated rings. The van der Waals surface area contributed by atoms with Crippen molar-refractivity contribution < 1.29 is 17.9 Å². The molecule has 0 aliphatic rings. The van der Waals surface area contributed by atoms with Crippen molar-refractivity contribution in [3.8, 4) is 0 Å². The molecule has 136 valence electrons. The largest absolute Gasteiger partial charge is 0.411 e. The third-order valence-electron chi connectivity index (χ3n) is 2.88. The van der Waals surface area contributed by atoms with E-state index in [0.29, 0.717) is 24.2 Å². The van der Waals surface area contributed by atoms with Gasteiger partial charge in [0.05, 0.1) is 0 Å². The van der Waals surface area contributed by atoms with Gasteiger partial charge in [-0.25, -0.2) is 0 Å². The van der Waals surface area contributed by atoms with Crippen LogP contribution in [-0.4, -0.2) is 50.7 Å². The van der Waals surface area contributed by atoms with Crippen molar-refractivity contribution in [2.45, 2.75) is 29.7 Å². The highest BCUT2D eigenvalue weighted by atomic mass is 32.2. The first-order valence-corrected chi connectivity index (χ1v) is 8.59. The SMILES string of the molecule is CN=C(NCCCOCC(F)(F)F)NCC(C)Sc1ccccc1. The lowest BCUT2D eigenvalue weighted by Gasteiger charge is -2.16. The molecule has 0 saturated heterocycles. The molecular formula is C16H24F3N3OS. The minimum absolute atomic E-state index is 0.0593. The van der Waals surface area contributed by atoms with Crippen molar-refractivity contribution in [1.82, 2.24) is 10.6 Å². The van der Waals surface area contributed by atoms with Crippen LogP contribution in [0.2, 0.25) is 0 Å². The van der Waals surface area contributed by atoms with Gasteiger partial charge in [-0.1, -0.05) is 25.1 Å². The number of nitrogens with zero attached hydrogens (tertiary/aromatic N) is 1. The summed E-state index contributed by atoms with van der Waals surface area (Å²) in [5.41, 5.74) is 0.